The molecule has 0 saturated carbocycles. The summed E-state index contributed by atoms with van der Waals surface area (Å²) in [7, 11) is -3.58. The molecule has 6 nitrogen and oxygen atoms in total. The van der Waals surface area contributed by atoms with Gasteiger partial charge in [-0.3, -0.25) is 4.79 Å². The van der Waals surface area contributed by atoms with Crippen LogP contribution in [0.5, 0.6) is 0 Å². The Morgan fingerprint density at radius 3 is 2.54 bits per heavy atom. The fourth-order valence-corrected chi connectivity index (χ4v) is 4.69. The van der Waals surface area contributed by atoms with Gasteiger partial charge in [0.2, 0.25) is 10.0 Å². The number of nitrogens with one attached hydrogen (secondary N) is 2. The van der Waals surface area contributed by atoms with Crippen molar-refractivity contribution in [3.8, 4) is 0 Å². The lowest BCUT2D eigenvalue weighted by molar-refractivity contribution is 0.0919. The Kier molecular flexibility index (Phi) is 8.53. The summed E-state index contributed by atoms with van der Waals surface area (Å²) in [5.41, 5.74) is 1.19. The number of hydrogen-bond donors (Lipinski definition) is 2. The van der Waals surface area contributed by atoms with E-state index >= 15 is 0 Å². The molecule has 26 heavy (non-hydrogen) atoms. The standard InChI is InChI=1S/C18H29N3O3S.ClH/c1-5-21(6-2)25(23,24)15-10-9-13(3)16(12-15)18(22)20-17-8-7-11-19-14(17)4;/h9-10,12,14,17,19H,5-8,11H2,1-4H3,(H,20,22);1H. The average molecular weight is 404 g/mol. The molecule has 1 heterocycles. The van der Waals surface area contributed by atoms with Crippen molar-refractivity contribution < 1.29 is 13.2 Å². The number of carbonyl (C=O) groups excluding carboxylic acids is 1. The smallest absolute Gasteiger partial charge is 0.251 e. The first-order valence-corrected chi connectivity index (χ1v) is 10.4. The Hall–Kier alpha value is -1.15. The van der Waals surface area contributed by atoms with E-state index in [4.69, 9.17) is 0 Å². The largest absolute Gasteiger partial charge is 0.348 e. The number of nitrogens with zero attached hydrogens (tertiary/aromatic N) is 1. The zero-order valence-corrected chi connectivity index (χ0v) is 17.5. The van der Waals surface area contributed by atoms with Crippen LogP contribution in [0.15, 0.2) is 23.1 Å². The van der Waals surface area contributed by atoms with Crippen LogP contribution in [0.4, 0.5) is 0 Å². The highest BCUT2D eigenvalue weighted by Gasteiger charge is 2.26. The highest BCUT2D eigenvalue weighted by Crippen LogP contribution is 2.20. The second-order valence-corrected chi connectivity index (χ2v) is 8.47. The number of aryl methyl sites for hydroxylation is 1. The van der Waals surface area contributed by atoms with Gasteiger partial charge in [0, 0.05) is 30.7 Å². The second-order valence-electron chi connectivity index (χ2n) is 6.53. The highest BCUT2D eigenvalue weighted by molar-refractivity contribution is 7.89. The zero-order valence-electron chi connectivity index (χ0n) is 15.9. The van der Waals surface area contributed by atoms with Crippen molar-refractivity contribution in [2.75, 3.05) is 19.6 Å². The van der Waals surface area contributed by atoms with Gasteiger partial charge in [0.1, 0.15) is 0 Å². The predicted octanol–water partition coefficient (Wildman–Crippen LogP) is 2.32. The molecule has 0 aliphatic carbocycles. The third-order valence-electron chi connectivity index (χ3n) is 4.88. The van der Waals surface area contributed by atoms with E-state index in [0.717, 1.165) is 24.9 Å². The molecule has 2 N–H and O–H groups in total. The molecule has 1 aliphatic rings. The number of benzene rings is 1. The minimum Gasteiger partial charge on any atom is -0.348 e. The lowest BCUT2D eigenvalue weighted by atomic mass is 9.99. The van der Waals surface area contributed by atoms with Crippen molar-refractivity contribution in [3.63, 3.8) is 0 Å². The molecule has 1 amide bonds. The quantitative estimate of drug-likeness (QED) is 0.764. The topological polar surface area (TPSA) is 78.5 Å². The van der Waals surface area contributed by atoms with Gasteiger partial charge < -0.3 is 10.6 Å². The molecule has 0 aromatic heterocycles. The Labute approximate surface area is 163 Å². The monoisotopic (exact) mass is 403 g/mol. The number of halogens is 1. The number of hydrogen-bond acceptors (Lipinski definition) is 4. The Balaban J connectivity index is 0.00000338. The van der Waals surface area contributed by atoms with Gasteiger partial charge in [-0.15, -0.1) is 12.4 Å². The van der Waals surface area contributed by atoms with Crippen molar-refractivity contribution in [1.82, 2.24) is 14.9 Å². The Bertz CT molecular complexity index is 720. The number of rotatable bonds is 6. The van der Waals surface area contributed by atoms with Gasteiger partial charge in [0.15, 0.2) is 0 Å². The zero-order chi connectivity index (χ0) is 18.6. The van der Waals surface area contributed by atoms with Crippen LogP contribution in [0.1, 0.15) is 49.5 Å². The summed E-state index contributed by atoms with van der Waals surface area (Å²) in [6, 6.07) is 5.04. The van der Waals surface area contributed by atoms with Crippen LogP contribution in [0.2, 0.25) is 0 Å². The number of amides is 1. The molecule has 1 saturated heterocycles. The van der Waals surface area contributed by atoms with E-state index in [9.17, 15) is 13.2 Å². The molecular weight excluding hydrogens is 374 g/mol. The molecule has 148 valence electrons. The van der Waals surface area contributed by atoms with Crippen molar-refractivity contribution in [1.29, 1.82) is 0 Å². The van der Waals surface area contributed by atoms with Gasteiger partial charge in [-0.1, -0.05) is 19.9 Å². The van der Waals surface area contributed by atoms with Gasteiger partial charge in [-0.25, -0.2) is 8.42 Å². The van der Waals surface area contributed by atoms with Crippen molar-refractivity contribution >= 4 is 28.3 Å². The fraction of sp³-hybridized carbons (Fsp3) is 0.611. The van der Waals surface area contributed by atoms with E-state index in [0.29, 0.717) is 18.7 Å². The van der Waals surface area contributed by atoms with E-state index in [2.05, 4.69) is 17.6 Å². The lowest BCUT2D eigenvalue weighted by Crippen LogP contribution is -2.52. The molecule has 2 atom stereocenters. The summed E-state index contributed by atoms with van der Waals surface area (Å²) in [4.78, 5) is 12.9. The third-order valence-corrected chi connectivity index (χ3v) is 6.92. The first-order chi connectivity index (χ1) is 11.8. The molecular formula is C18H30ClN3O3S. The summed E-state index contributed by atoms with van der Waals surface area (Å²) in [6.45, 7) is 9.26. The maximum atomic E-state index is 12.7. The molecule has 1 aliphatic heterocycles. The van der Waals surface area contributed by atoms with Crippen LogP contribution in [0.3, 0.4) is 0 Å². The highest BCUT2D eigenvalue weighted by atomic mass is 35.5. The van der Waals surface area contributed by atoms with Crippen LogP contribution in [-0.4, -0.2) is 50.3 Å². The summed E-state index contributed by atoms with van der Waals surface area (Å²) in [5.74, 6) is -0.213. The molecule has 1 aromatic carbocycles. The van der Waals surface area contributed by atoms with Crippen LogP contribution in [-0.2, 0) is 10.0 Å². The maximum Gasteiger partial charge on any atom is 0.251 e. The SMILES string of the molecule is CCN(CC)S(=O)(=O)c1ccc(C)c(C(=O)NC2CCCNC2C)c1.Cl. The van der Waals surface area contributed by atoms with Gasteiger partial charge in [0.25, 0.3) is 5.91 Å². The predicted molar refractivity (Wildman–Crippen MR) is 106 cm³/mol. The van der Waals surface area contributed by atoms with E-state index in [1.54, 1.807) is 26.0 Å². The van der Waals surface area contributed by atoms with Crippen LogP contribution in [0, 0.1) is 6.92 Å². The molecule has 1 fully saturated rings. The maximum absolute atomic E-state index is 12.7. The van der Waals surface area contributed by atoms with Gasteiger partial charge in [0.05, 0.1) is 4.90 Å². The minimum absolute atomic E-state index is 0. The Morgan fingerprint density at radius 1 is 1.31 bits per heavy atom. The molecule has 2 unspecified atom stereocenters. The average Bonchev–Trinajstić information content (AvgIpc) is 2.58. The van der Waals surface area contributed by atoms with E-state index < -0.39 is 10.0 Å². The normalized spacial score (nSPS) is 20.5. The fourth-order valence-electron chi connectivity index (χ4n) is 3.21. The van der Waals surface area contributed by atoms with Crippen molar-refractivity contribution in [3.05, 3.63) is 29.3 Å². The van der Waals surface area contributed by atoms with Crippen LogP contribution < -0.4 is 10.6 Å². The van der Waals surface area contributed by atoms with Crippen molar-refractivity contribution in [2.45, 2.75) is 57.5 Å². The molecule has 8 heteroatoms. The van der Waals surface area contributed by atoms with E-state index in [1.807, 2.05) is 6.92 Å². The van der Waals surface area contributed by atoms with E-state index in [-0.39, 0.29) is 35.3 Å². The summed E-state index contributed by atoms with van der Waals surface area (Å²) in [5, 5.41) is 6.40. The van der Waals surface area contributed by atoms with Gasteiger partial charge >= 0.3 is 0 Å². The molecule has 0 spiro atoms. The second kappa shape index (κ2) is 9.69. The van der Waals surface area contributed by atoms with Crippen molar-refractivity contribution in [2.24, 2.45) is 0 Å². The number of carbonyl (C=O) groups is 1. The first kappa shape index (κ1) is 22.9. The molecule has 0 radical (unpaired) electrons. The first-order valence-electron chi connectivity index (χ1n) is 8.96. The molecule has 1 aromatic rings. The van der Waals surface area contributed by atoms with Crippen LogP contribution in [0.25, 0.3) is 0 Å². The third kappa shape index (κ3) is 4.97. The summed E-state index contributed by atoms with van der Waals surface area (Å²) in [6.07, 6.45) is 1.95. The number of sulfonamides is 1. The lowest BCUT2D eigenvalue weighted by Gasteiger charge is -2.30. The van der Waals surface area contributed by atoms with Gasteiger partial charge in [-0.05, 0) is 50.9 Å². The molecule has 2 rings (SSSR count). The van der Waals surface area contributed by atoms with E-state index in [1.165, 1.54) is 10.4 Å². The minimum atomic E-state index is -3.58. The van der Waals surface area contributed by atoms with Crippen LogP contribution >= 0.6 is 12.4 Å². The Morgan fingerprint density at radius 2 is 1.96 bits per heavy atom. The number of piperidine rings is 1. The summed E-state index contributed by atoms with van der Waals surface area (Å²) >= 11 is 0. The molecule has 0 bridgehead atoms. The van der Waals surface area contributed by atoms with Gasteiger partial charge in [-0.2, -0.15) is 4.31 Å². The summed E-state index contributed by atoms with van der Waals surface area (Å²) < 4.78 is 26.8.